The summed E-state index contributed by atoms with van der Waals surface area (Å²) in [7, 11) is 2.02. The number of hydrogen-bond donors (Lipinski definition) is 2. The van der Waals surface area contributed by atoms with Gasteiger partial charge in [-0.2, -0.15) is 0 Å². The Balaban J connectivity index is 1.94. The van der Waals surface area contributed by atoms with Crippen LogP contribution >= 0.6 is 0 Å². The molecular weight excluding hydrogens is 152 g/mol. The number of nitrogens with one attached hydrogen (secondary N) is 2. The fourth-order valence-electron chi connectivity index (χ4n) is 2.26. The molecule has 2 N–H and O–H groups in total. The first-order valence-electron chi connectivity index (χ1n) is 4.87. The van der Waals surface area contributed by atoms with Crippen molar-refractivity contribution < 1.29 is 4.74 Å². The van der Waals surface area contributed by atoms with Gasteiger partial charge in [-0.1, -0.05) is 0 Å². The van der Waals surface area contributed by atoms with Crippen molar-refractivity contribution >= 4 is 0 Å². The molecule has 3 heteroatoms. The van der Waals surface area contributed by atoms with Crippen LogP contribution < -0.4 is 10.6 Å². The van der Waals surface area contributed by atoms with Crippen LogP contribution in [0.1, 0.15) is 19.3 Å². The summed E-state index contributed by atoms with van der Waals surface area (Å²) in [6, 6.07) is 0.586. The highest BCUT2D eigenvalue weighted by Gasteiger charge is 2.40. The average Bonchev–Trinajstić information content (AvgIpc) is 2.50. The summed E-state index contributed by atoms with van der Waals surface area (Å²) in [6.45, 7) is 3.14. The predicted molar refractivity (Wildman–Crippen MR) is 48.3 cm³/mol. The first-order chi connectivity index (χ1) is 5.85. The molecule has 0 radical (unpaired) electrons. The van der Waals surface area contributed by atoms with E-state index in [0.29, 0.717) is 6.04 Å². The SMILES string of the molecule is CN[C@H]1COC2(CCNCC2)C1. The lowest BCUT2D eigenvalue weighted by Gasteiger charge is -2.32. The Morgan fingerprint density at radius 3 is 2.75 bits per heavy atom. The van der Waals surface area contributed by atoms with Crippen molar-refractivity contribution in [2.75, 3.05) is 26.7 Å². The van der Waals surface area contributed by atoms with Gasteiger partial charge < -0.3 is 15.4 Å². The van der Waals surface area contributed by atoms with Gasteiger partial charge in [0.15, 0.2) is 0 Å². The minimum atomic E-state index is 0.221. The molecule has 2 aliphatic heterocycles. The van der Waals surface area contributed by atoms with Gasteiger partial charge in [-0.3, -0.25) is 0 Å². The van der Waals surface area contributed by atoms with Gasteiger partial charge >= 0.3 is 0 Å². The Morgan fingerprint density at radius 2 is 2.17 bits per heavy atom. The molecule has 0 bridgehead atoms. The second-order valence-corrected chi connectivity index (χ2v) is 3.93. The third-order valence-electron chi connectivity index (χ3n) is 3.13. The van der Waals surface area contributed by atoms with E-state index < -0.39 is 0 Å². The highest BCUT2D eigenvalue weighted by atomic mass is 16.5. The topological polar surface area (TPSA) is 33.3 Å². The molecule has 0 aromatic carbocycles. The van der Waals surface area contributed by atoms with Gasteiger partial charge in [-0.05, 0) is 39.4 Å². The van der Waals surface area contributed by atoms with E-state index in [9.17, 15) is 0 Å². The van der Waals surface area contributed by atoms with Crippen LogP contribution in [0.25, 0.3) is 0 Å². The minimum absolute atomic E-state index is 0.221. The quantitative estimate of drug-likeness (QED) is 0.586. The van der Waals surface area contributed by atoms with E-state index in [1.54, 1.807) is 0 Å². The van der Waals surface area contributed by atoms with Crippen LogP contribution in [-0.2, 0) is 4.74 Å². The summed E-state index contributed by atoms with van der Waals surface area (Å²) in [4.78, 5) is 0. The maximum absolute atomic E-state index is 5.88. The van der Waals surface area contributed by atoms with E-state index in [-0.39, 0.29) is 5.60 Å². The van der Waals surface area contributed by atoms with Crippen molar-refractivity contribution in [3.63, 3.8) is 0 Å². The summed E-state index contributed by atoms with van der Waals surface area (Å²) in [5, 5.41) is 6.66. The highest BCUT2D eigenvalue weighted by molar-refractivity contribution is 4.94. The van der Waals surface area contributed by atoms with Crippen molar-refractivity contribution in [1.82, 2.24) is 10.6 Å². The molecule has 2 rings (SSSR count). The molecule has 0 unspecified atom stereocenters. The zero-order chi connectivity index (χ0) is 8.44. The molecule has 0 aromatic rings. The summed E-state index contributed by atoms with van der Waals surface area (Å²) < 4.78 is 5.88. The fourth-order valence-corrected chi connectivity index (χ4v) is 2.26. The molecule has 2 fully saturated rings. The van der Waals surface area contributed by atoms with Crippen LogP contribution in [0.5, 0.6) is 0 Å². The number of piperidine rings is 1. The maximum atomic E-state index is 5.88. The summed E-state index contributed by atoms with van der Waals surface area (Å²) in [6.07, 6.45) is 3.57. The number of ether oxygens (including phenoxy) is 1. The van der Waals surface area contributed by atoms with Crippen molar-refractivity contribution in [1.29, 1.82) is 0 Å². The molecule has 3 nitrogen and oxygen atoms in total. The Labute approximate surface area is 73.9 Å². The monoisotopic (exact) mass is 170 g/mol. The lowest BCUT2D eigenvalue weighted by atomic mass is 9.88. The van der Waals surface area contributed by atoms with Crippen LogP contribution in [0.3, 0.4) is 0 Å². The van der Waals surface area contributed by atoms with Gasteiger partial charge in [0.25, 0.3) is 0 Å². The average molecular weight is 170 g/mol. The third-order valence-corrected chi connectivity index (χ3v) is 3.13. The van der Waals surface area contributed by atoms with Gasteiger partial charge in [-0.25, -0.2) is 0 Å². The van der Waals surface area contributed by atoms with Gasteiger partial charge in [0.05, 0.1) is 12.2 Å². The molecule has 12 heavy (non-hydrogen) atoms. The minimum Gasteiger partial charge on any atom is -0.373 e. The van der Waals surface area contributed by atoms with Crippen molar-refractivity contribution in [3.8, 4) is 0 Å². The van der Waals surface area contributed by atoms with Gasteiger partial charge in [-0.15, -0.1) is 0 Å². The van der Waals surface area contributed by atoms with Crippen LogP contribution in [0.2, 0.25) is 0 Å². The fraction of sp³-hybridized carbons (Fsp3) is 1.00. The number of rotatable bonds is 1. The molecule has 0 saturated carbocycles. The lowest BCUT2D eigenvalue weighted by molar-refractivity contribution is -0.0193. The van der Waals surface area contributed by atoms with Crippen LogP contribution in [0, 0.1) is 0 Å². The van der Waals surface area contributed by atoms with Crippen molar-refractivity contribution in [2.24, 2.45) is 0 Å². The third kappa shape index (κ3) is 1.49. The van der Waals surface area contributed by atoms with E-state index in [0.717, 1.165) is 19.7 Å². The Kier molecular flexibility index (Phi) is 2.35. The Hall–Kier alpha value is -0.120. The second kappa shape index (κ2) is 3.32. The Morgan fingerprint density at radius 1 is 1.42 bits per heavy atom. The van der Waals surface area contributed by atoms with Crippen molar-refractivity contribution in [2.45, 2.75) is 30.9 Å². The molecule has 2 heterocycles. The zero-order valence-electron chi connectivity index (χ0n) is 7.73. The van der Waals surface area contributed by atoms with E-state index in [2.05, 4.69) is 10.6 Å². The molecular formula is C9H18N2O. The van der Waals surface area contributed by atoms with E-state index >= 15 is 0 Å². The van der Waals surface area contributed by atoms with Gasteiger partial charge in [0.1, 0.15) is 0 Å². The van der Waals surface area contributed by atoms with Crippen LogP contribution in [0.4, 0.5) is 0 Å². The molecule has 1 spiro atoms. The molecule has 70 valence electrons. The van der Waals surface area contributed by atoms with Gasteiger partial charge in [0.2, 0.25) is 0 Å². The normalized spacial score (nSPS) is 34.2. The smallest absolute Gasteiger partial charge is 0.0723 e. The van der Waals surface area contributed by atoms with Crippen LogP contribution in [-0.4, -0.2) is 38.4 Å². The molecule has 1 atom stereocenters. The van der Waals surface area contributed by atoms with E-state index in [4.69, 9.17) is 4.74 Å². The molecule has 0 amide bonds. The second-order valence-electron chi connectivity index (χ2n) is 3.93. The predicted octanol–water partition coefficient (Wildman–Crippen LogP) is 0.117. The summed E-state index contributed by atoms with van der Waals surface area (Å²) in [5.41, 5.74) is 0.221. The number of hydrogen-bond acceptors (Lipinski definition) is 3. The Bertz CT molecular complexity index is 155. The largest absolute Gasteiger partial charge is 0.373 e. The molecule has 0 aliphatic carbocycles. The molecule has 2 saturated heterocycles. The first-order valence-corrected chi connectivity index (χ1v) is 4.87. The number of likely N-dealkylation sites (N-methyl/N-ethyl adjacent to an activating group) is 1. The first kappa shape index (κ1) is 8.48. The van der Waals surface area contributed by atoms with E-state index in [1.807, 2.05) is 7.05 Å². The van der Waals surface area contributed by atoms with Crippen molar-refractivity contribution in [3.05, 3.63) is 0 Å². The highest BCUT2D eigenvalue weighted by Crippen LogP contribution is 2.33. The zero-order valence-corrected chi connectivity index (χ0v) is 7.73. The lowest BCUT2D eigenvalue weighted by Crippen LogP contribution is -2.42. The standard InChI is InChI=1S/C9H18N2O/c1-10-8-6-9(12-7-8)2-4-11-5-3-9/h8,10-11H,2-7H2,1H3/t8-/m1/s1. The molecule has 2 aliphatic rings. The van der Waals surface area contributed by atoms with Crippen LogP contribution in [0.15, 0.2) is 0 Å². The van der Waals surface area contributed by atoms with Gasteiger partial charge in [0, 0.05) is 6.04 Å². The maximum Gasteiger partial charge on any atom is 0.0723 e. The molecule has 0 aromatic heterocycles. The summed E-state index contributed by atoms with van der Waals surface area (Å²) in [5.74, 6) is 0. The summed E-state index contributed by atoms with van der Waals surface area (Å²) >= 11 is 0. The van der Waals surface area contributed by atoms with E-state index in [1.165, 1.54) is 19.3 Å².